The van der Waals surface area contributed by atoms with E-state index < -0.39 is 14.8 Å². The van der Waals surface area contributed by atoms with Crippen LogP contribution in [-0.2, 0) is 9.84 Å². The van der Waals surface area contributed by atoms with E-state index in [1.165, 1.54) is 6.07 Å². The topological polar surface area (TPSA) is 89.3 Å². The predicted octanol–water partition coefficient (Wildman–Crippen LogP) is 1.96. The summed E-state index contributed by atoms with van der Waals surface area (Å²) in [5.74, 6) is 0.306. The van der Waals surface area contributed by atoms with Gasteiger partial charge in [0.2, 0.25) is 0 Å². The molecule has 1 saturated heterocycles. The first-order chi connectivity index (χ1) is 8.37. The molecule has 0 radical (unpaired) electrons. The molecule has 1 aromatic carbocycles. The molecule has 0 bridgehead atoms. The third-order valence-corrected chi connectivity index (χ3v) is 5.15. The molecule has 0 spiro atoms. The highest BCUT2D eigenvalue weighted by atomic mass is 79.9. The van der Waals surface area contributed by atoms with E-state index in [4.69, 9.17) is 0 Å². The maximum absolute atomic E-state index is 11.3. The molecule has 6 nitrogen and oxygen atoms in total. The van der Waals surface area contributed by atoms with Crippen LogP contribution in [-0.4, -0.2) is 30.9 Å². The average molecular weight is 335 g/mol. The van der Waals surface area contributed by atoms with Crippen molar-refractivity contribution in [1.82, 2.24) is 0 Å². The van der Waals surface area contributed by atoms with Crippen LogP contribution in [0.25, 0.3) is 0 Å². The summed E-state index contributed by atoms with van der Waals surface area (Å²) in [6.45, 7) is 0. The molecule has 18 heavy (non-hydrogen) atoms. The molecule has 0 saturated carbocycles. The number of nitro groups is 1. The first kappa shape index (κ1) is 13.3. The molecule has 1 atom stereocenters. The zero-order valence-electron chi connectivity index (χ0n) is 9.30. The molecule has 0 amide bonds. The van der Waals surface area contributed by atoms with Crippen LogP contribution in [0.1, 0.15) is 6.42 Å². The molecular weight excluding hydrogens is 324 g/mol. The van der Waals surface area contributed by atoms with Crippen LogP contribution in [0.5, 0.6) is 0 Å². The minimum absolute atomic E-state index is 0.0143. The smallest absolute Gasteiger partial charge is 0.283 e. The lowest BCUT2D eigenvalue weighted by Gasteiger charge is -2.12. The van der Waals surface area contributed by atoms with Crippen molar-refractivity contribution in [2.75, 3.05) is 16.8 Å². The summed E-state index contributed by atoms with van der Waals surface area (Å²) in [5, 5.41) is 13.7. The summed E-state index contributed by atoms with van der Waals surface area (Å²) in [6, 6.07) is 4.43. The zero-order chi connectivity index (χ0) is 13.3. The maximum atomic E-state index is 11.3. The summed E-state index contributed by atoms with van der Waals surface area (Å²) < 4.78 is 23.0. The highest BCUT2D eigenvalue weighted by molar-refractivity contribution is 9.10. The van der Waals surface area contributed by atoms with Gasteiger partial charge in [-0.25, -0.2) is 8.42 Å². The lowest BCUT2D eigenvalue weighted by atomic mass is 10.2. The Hall–Kier alpha value is -1.15. The van der Waals surface area contributed by atoms with E-state index >= 15 is 0 Å². The number of hydrogen-bond donors (Lipinski definition) is 1. The Morgan fingerprint density at radius 1 is 1.44 bits per heavy atom. The van der Waals surface area contributed by atoms with Gasteiger partial charge in [0.05, 0.1) is 20.9 Å². The monoisotopic (exact) mass is 334 g/mol. The van der Waals surface area contributed by atoms with Crippen LogP contribution in [0.15, 0.2) is 22.7 Å². The van der Waals surface area contributed by atoms with Gasteiger partial charge >= 0.3 is 0 Å². The van der Waals surface area contributed by atoms with Gasteiger partial charge in [-0.1, -0.05) is 0 Å². The minimum atomic E-state index is -2.93. The molecule has 1 aliphatic rings. The minimum Gasteiger partial charge on any atom is -0.381 e. The van der Waals surface area contributed by atoms with Gasteiger partial charge in [-0.05, 0) is 34.5 Å². The normalized spacial score (nSPS) is 21.7. The first-order valence-corrected chi connectivity index (χ1v) is 7.90. The van der Waals surface area contributed by atoms with E-state index in [-0.39, 0.29) is 23.2 Å². The van der Waals surface area contributed by atoms with E-state index in [0.29, 0.717) is 16.6 Å². The number of hydrogen-bond acceptors (Lipinski definition) is 5. The van der Waals surface area contributed by atoms with Crippen molar-refractivity contribution in [3.05, 3.63) is 32.8 Å². The number of nitrogens with zero attached hydrogens (tertiary/aromatic N) is 1. The number of nitrogens with one attached hydrogen (secondary N) is 1. The molecule has 1 heterocycles. The van der Waals surface area contributed by atoms with Crippen LogP contribution in [0.2, 0.25) is 0 Å². The second-order valence-electron chi connectivity index (χ2n) is 4.17. The standard InChI is InChI=1S/C10H11BrN2O4S/c11-9-5-7(1-2-10(9)13(14)15)12-8-3-4-18(16,17)6-8/h1-2,5,8,12H,3-4,6H2. The maximum Gasteiger partial charge on any atom is 0.283 e. The highest BCUT2D eigenvalue weighted by Crippen LogP contribution is 2.28. The Kier molecular flexibility index (Phi) is 3.58. The van der Waals surface area contributed by atoms with Crippen molar-refractivity contribution in [2.45, 2.75) is 12.5 Å². The Morgan fingerprint density at radius 3 is 2.67 bits per heavy atom. The second kappa shape index (κ2) is 4.85. The van der Waals surface area contributed by atoms with Crippen LogP contribution in [0.3, 0.4) is 0 Å². The average Bonchev–Trinajstić information content (AvgIpc) is 2.57. The van der Waals surface area contributed by atoms with Gasteiger partial charge in [-0.3, -0.25) is 10.1 Å². The SMILES string of the molecule is O=[N+]([O-])c1ccc(NC2CCS(=O)(=O)C2)cc1Br. The molecule has 1 fully saturated rings. The van der Waals surface area contributed by atoms with E-state index in [2.05, 4.69) is 21.2 Å². The van der Waals surface area contributed by atoms with E-state index in [9.17, 15) is 18.5 Å². The molecule has 8 heteroatoms. The van der Waals surface area contributed by atoms with Crippen molar-refractivity contribution >= 4 is 37.1 Å². The summed E-state index contributed by atoms with van der Waals surface area (Å²) in [5.41, 5.74) is 0.661. The van der Waals surface area contributed by atoms with E-state index in [0.717, 1.165) is 0 Å². The number of halogens is 1. The van der Waals surface area contributed by atoms with Gasteiger partial charge in [-0.2, -0.15) is 0 Å². The molecule has 1 aliphatic heterocycles. The fraction of sp³-hybridized carbons (Fsp3) is 0.400. The summed E-state index contributed by atoms with van der Waals surface area (Å²) in [4.78, 5) is 10.2. The van der Waals surface area contributed by atoms with Crippen molar-refractivity contribution in [2.24, 2.45) is 0 Å². The number of sulfone groups is 1. The van der Waals surface area contributed by atoms with Crippen molar-refractivity contribution in [3.8, 4) is 0 Å². The van der Waals surface area contributed by atoms with Crippen LogP contribution >= 0.6 is 15.9 Å². The van der Waals surface area contributed by atoms with Gasteiger partial charge in [0.15, 0.2) is 9.84 Å². The molecule has 98 valence electrons. The van der Waals surface area contributed by atoms with Gasteiger partial charge in [-0.15, -0.1) is 0 Å². The Morgan fingerprint density at radius 2 is 2.17 bits per heavy atom. The van der Waals surface area contributed by atoms with Crippen molar-refractivity contribution in [1.29, 1.82) is 0 Å². The van der Waals surface area contributed by atoms with Gasteiger partial charge in [0.25, 0.3) is 5.69 Å². The van der Waals surface area contributed by atoms with Crippen molar-refractivity contribution in [3.63, 3.8) is 0 Å². The second-order valence-corrected chi connectivity index (χ2v) is 7.25. The predicted molar refractivity (Wildman–Crippen MR) is 71.5 cm³/mol. The fourth-order valence-corrected chi connectivity index (χ4v) is 4.09. The Labute approximate surface area is 113 Å². The van der Waals surface area contributed by atoms with Crippen molar-refractivity contribution < 1.29 is 13.3 Å². The third kappa shape index (κ3) is 2.99. The van der Waals surface area contributed by atoms with Crippen LogP contribution in [0, 0.1) is 10.1 Å². The van der Waals surface area contributed by atoms with E-state index in [1.807, 2.05) is 0 Å². The Bertz CT molecular complexity index is 588. The molecular formula is C10H11BrN2O4S. The molecule has 1 unspecified atom stereocenters. The largest absolute Gasteiger partial charge is 0.381 e. The highest BCUT2D eigenvalue weighted by Gasteiger charge is 2.27. The molecule has 1 N–H and O–H groups in total. The third-order valence-electron chi connectivity index (χ3n) is 2.75. The number of rotatable bonds is 3. The van der Waals surface area contributed by atoms with Crippen LogP contribution in [0.4, 0.5) is 11.4 Å². The number of benzene rings is 1. The van der Waals surface area contributed by atoms with E-state index in [1.54, 1.807) is 12.1 Å². The van der Waals surface area contributed by atoms with Gasteiger partial charge in [0, 0.05) is 17.8 Å². The lowest BCUT2D eigenvalue weighted by Crippen LogP contribution is -2.20. The molecule has 0 aliphatic carbocycles. The first-order valence-electron chi connectivity index (χ1n) is 5.28. The Balaban J connectivity index is 2.12. The van der Waals surface area contributed by atoms with Gasteiger partial charge in [0.1, 0.15) is 0 Å². The summed E-state index contributed by atoms with van der Waals surface area (Å²) in [6.07, 6.45) is 0.566. The van der Waals surface area contributed by atoms with Gasteiger partial charge < -0.3 is 5.32 Å². The number of nitro benzene ring substituents is 1. The summed E-state index contributed by atoms with van der Waals surface area (Å²) in [7, 11) is -2.93. The van der Waals surface area contributed by atoms with Crippen LogP contribution < -0.4 is 5.32 Å². The number of anilines is 1. The molecule has 1 aromatic rings. The fourth-order valence-electron chi connectivity index (χ4n) is 1.89. The summed E-state index contributed by atoms with van der Waals surface area (Å²) >= 11 is 3.12. The quantitative estimate of drug-likeness (QED) is 0.674. The zero-order valence-corrected chi connectivity index (χ0v) is 11.7. The lowest BCUT2D eigenvalue weighted by molar-refractivity contribution is -0.385. The molecule has 0 aromatic heterocycles. The molecule has 2 rings (SSSR count).